The van der Waals surface area contributed by atoms with E-state index in [9.17, 15) is 5.11 Å². The molecule has 16 heavy (non-hydrogen) atoms. The van der Waals surface area contributed by atoms with Gasteiger partial charge >= 0.3 is 0 Å². The van der Waals surface area contributed by atoms with Crippen LogP contribution in [0, 0.1) is 13.8 Å². The maximum Gasteiger partial charge on any atom is 0.160 e. The minimum Gasteiger partial charge on any atom is -0.389 e. The zero-order valence-corrected chi connectivity index (χ0v) is 10.4. The topological polar surface area (TPSA) is 46.0 Å². The van der Waals surface area contributed by atoms with E-state index < -0.39 is 6.10 Å². The number of nitrogens with zero attached hydrogens (tertiary/aromatic N) is 2. The van der Waals surface area contributed by atoms with Crippen molar-refractivity contribution in [2.45, 2.75) is 26.9 Å². The van der Waals surface area contributed by atoms with E-state index in [0.717, 1.165) is 22.6 Å². The van der Waals surface area contributed by atoms with Crippen LogP contribution >= 0.6 is 11.3 Å². The molecule has 1 N–H and O–H groups in total. The molecule has 0 saturated heterocycles. The molecule has 0 amide bonds. The van der Waals surface area contributed by atoms with Gasteiger partial charge in [0.25, 0.3) is 0 Å². The minimum absolute atomic E-state index is 0.516. The first-order valence-corrected chi connectivity index (χ1v) is 6.08. The normalized spacial score (nSPS) is 12.8. The molecule has 0 spiro atoms. The maximum atomic E-state index is 9.50. The maximum absolute atomic E-state index is 9.50. The van der Waals surface area contributed by atoms with Crippen molar-refractivity contribution in [3.05, 3.63) is 33.8 Å². The van der Waals surface area contributed by atoms with E-state index in [1.807, 2.05) is 19.2 Å². The lowest BCUT2D eigenvalue weighted by Gasteiger charge is -2.08. The summed E-state index contributed by atoms with van der Waals surface area (Å²) in [5.41, 5.74) is 3.89. The molecule has 0 saturated carbocycles. The molecule has 0 aliphatic carbocycles. The van der Waals surface area contributed by atoms with Gasteiger partial charge in [0.1, 0.15) is 0 Å². The summed E-state index contributed by atoms with van der Waals surface area (Å²) >= 11 is 1.65. The smallest absolute Gasteiger partial charge is 0.160 e. The van der Waals surface area contributed by atoms with Crippen molar-refractivity contribution in [2.24, 2.45) is 0 Å². The summed E-state index contributed by atoms with van der Waals surface area (Å²) in [5, 5.41) is 13.6. The second-order valence-electron chi connectivity index (χ2n) is 3.88. The third-order valence-corrected chi connectivity index (χ3v) is 3.43. The second-order valence-corrected chi connectivity index (χ2v) is 4.62. The summed E-state index contributed by atoms with van der Waals surface area (Å²) in [6.07, 6.45) is 1.19. The average Bonchev–Trinajstić information content (AvgIpc) is 2.63. The van der Waals surface area contributed by atoms with Crippen molar-refractivity contribution in [3.63, 3.8) is 0 Å². The lowest BCUT2D eigenvalue weighted by molar-refractivity contribution is 0.197. The van der Waals surface area contributed by atoms with Gasteiger partial charge in [-0.2, -0.15) is 11.3 Å². The summed E-state index contributed by atoms with van der Waals surface area (Å²) in [7, 11) is 0. The summed E-state index contributed by atoms with van der Waals surface area (Å²) in [5.74, 6) is 0.737. The Morgan fingerprint density at radius 1 is 1.31 bits per heavy atom. The Morgan fingerprint density at radius 3 is 2.56 bits per heavy atom. The first-order valence-electron chi connectivity index (χ1n) is 5.14. The number of hydrogen-bond donors (Lipinski definition) is 1. The Hall–Kier alpha value is -1.26. The van der Waals surface area contributed by atoms with Gasteiger partial charge in [-0.3, -0.25) is 0 Å². The van der Waals surface area contributed by atoms with Crippen molar-refractivity contribution in [1.29, 1.82) is 0 Å². The summed E-state index contributed by atoms with van der Waals surface area (Å²) in [6.45, 7) is 5.67. The molecule has 0 aliphatic rings. The number of rotatable bonds is 2. The molecule has 0 unspecified atom stereocenters. The molecule has 84 valence electrons. The number of aliphatic hydroxyl groups excluding tert-OH is 1. The standard InChI is InChI=1S/C12H14N2OS/c1-7-5-16-6-11(7)12-13-4-10(9(3)15)8(2)14-12/h4-6,9,15H,1-3H3/t9-/m0/s1. The zero-order valence-electron chi connectivity index (χ0n) is 9.56. The minimum atomic E-state index is -0.516. The highest BCUT2D eigenvalue weighted by Crippen LogP contribution is 2.25. The Labute approximate surface area is 98.8 Å². The molecule has 0 fully saturated rings. The Morgan fingerprint density at radius 2 is 2.06 bits per heavy atom. The largest absolute Gasteiger partial charge is 0.389 e. The van der Waals surface area contributed by atoms with Crippen LogP contribution in [-0.4, -0.2) is 15.1 Å². The van der Waals surface area contributed by atoms with Gasteiger partial charge in [0.2, 0.25) is 0 Å². The zero-order chi connectivity index (χ0) is 11.7. The van der Waals surface area contributed by atoms with Crippen molar-refractivity contribution in [2.75, 3.05) is 0 Å². The number of thiophene rings is 1. The number of hydrogen-bond acceptors (Lipinski definition) is 4. The molecule has 3 nitrogen and oxygen atoms in total. The SMILES string of the molecule is Cc1cscc1-c1ncc([C@H](C)O)c(C)n1. The number of aliphatic hydroxyl groups is 1. The highest BCUT2D eigenvalue weighted by Gasteiger charge is 2.11. The first kappa shape index (κ1) is 11.2. The van der Waals surface area contributed by atoms with E-state index in [1.165, 1.54) is 5.56 Å². The van der Waals surface area contributed by atoms with E-state index in [2.05, 4.69) is 15.3 Å². The van der Waals surface area contributed by atoms with Gasteiger partial charge in [-0.05, 0) is 31.7 Å². The average molecular weight is 234 g/mol. The molecule has 1 atom stereocenters. The van der Waals surface area contributed by atoms with Gasteiger partial charge in [-0.1, -0.05) is 0 Å². The van der Waals surface area contributed by atoms with E-state index >= 15 is 0 Å². The molecular formula is C12H14N2OS. The van der Waals surface area contributed by atoms with Gasteiger partial charge in [0.05, 0.1) is 6.10 Å². The summed E-state index contributed by atoms with van der Waals surface area (Å²) < 4.78 is 0. The predicted octanol–water partition coefficient (Wildman–Crippen LogP) is 2.88. The third-order valence-electron chi connectivity index (χ3n) is 2.56. The van der Waals surface area contributed by atoms with E-state index in [4.69, 9.17) is 0 Å². The first-order chi connectivity index (χ1) is 7.59. The van der Waals surface area contributed by atoms with Crippen LogP contribution in [0.5, 0.6) is 0 Å². The van der Waals surface area contributed by atoms with Crippen LogP contribution in [0.15, 0.2) is 17.0 Å². The number of aromatic nitrogens is 2. The Kier molecular flexibility index (Phi) is 3.03. The van der Waals surface area contributed by atoms with Crippen LogP contribution < -0.4 is 0 Å². The van der Waals surface area contributed by atoms with Gasteiger partial charge < -0.3 is 5.11 Å². The fraction of sp³-hybridized carbons (Fsp3) is 0.333. The predicted molar refractivity (Wildman–Crippen MR) is 65.5 cm³/mol. The molecule has 0 aromatic carbocycles. The van der Waals surface area contributed by atoms with E-state index in [0.29, 0.717) is 0 Å². The highest BCUT2D eigenvalue weighted by molar-refractivity contribution is 7.08. The molecule has 2 heterocycles. The lowest BCUT2D eigenvalue weighted by Crippen LogP contribution is -2.01. The molecule has 2 rings (SSSR count). The summed E-state index contributed by atoms with van der Waals surface area (Å²) in [4.78, 5) is 8.73. The molecule has 0 bridgehead atoms. The van der Waals surface area contributed by atoms with Gasteiger partial charge in [-0.15, -0.1) is 0 Å². The quantitative estimate of drug-likeness (QED) is 0.869. The number of aryl methyl sites for hydroxylation is 2. The lowest BCUT2D eigenvalue weighted by atomic mass is 10.1. The van der Waals surface area contributed by atoms with Crippen molar-refractivity contribution >= 4 is 11.3 Å². The molecule has 0 aliphatic heterocycles. The third kappa shape index (κ3) is 1.99. The van der Waals surface area contributed by atoms with Gasteiger partial charge in [0.15, 0.2) is 5.82 Å². The van der Waals surface area contributed by atoms with Gasteiger partial charge in [-0.25, -0.2) is 9.97 Å². The van der Waals surface area contributed by atoms with Crippen LogP contribution in [0.2, 0.25) is 0 Å². The Balaban J connectivity index is 2.46. The van der Waals surface area contributed by atoms with Crippen LogP contribution in [0.25, 0.3) is 11.4 Å². The van der Waals surface area contributed by atoms with Crippen LogP contribution in [-0.2, 0) is 0 Å². The molecule has 2 aromatic rings. The van der Waals surface area contributed by atoms with Crippen molar-refractivity contribution in [1.82, 2.24) is 9.97 Å². The van der Waals surface area contributed by atoms with Crippen LogP contribution in [0.4, 0.5) is 0 Å². The van der Waals surface area contributed by atoms with Crippen LogP contribution in [0.3, 0.4) is 0 Å². The van der Waals surface area contributed by atoms with E-state index in [1.54, 1.807) is 24.5 Å². The van der Waals surface area contributed by atoms with Gasteiger partial charge in [0, 0.05) is 28.4 Å². The monoisotopic (exact) mass is 234 g/mol. The van der Waals surface area contributed by atoms with Crippen molar-refractivity contribution < 1.29 is 5.11 Å². The fourth-order valence-corrected chi connectivity index (χ4v) is 2.43. The Bertz CT molecular complexity index is 505. The molecule has 0 radical (unpaired) electrons. The molecule has 4 heteroatoms. The fourth-order valence-electron chi connectivity index (χ4n) is 1.61. The highest BCUT2D eigenvalue weighted by atomic mass is 32.1. The second kappa shape index (κ2) is 4.31. The molecule has 2 aromatic heterocycles. The van der Waals surface area contributed by atoms with Crippen molar-refractivity contribution in [3.8, 4) is 11.4 Å². The van der Waals surface area contributed by atoms with E-state index in [-0.39, 0.29) is 0 Å². The summed E-state index contributed by atoms with van der Waals surface area (Å²) in [6, 6.07) is 0. The molecular weight excluding hydrogens is 220 g/mol. The van der Waals surface area contributed by atoms with Crippen LogP contribution in [0.1, 0.15) is 29.8 Å².